The number of H-pyrrole nitrogens is 1. The van der Waals surface area contributed by atoms with Gasteiger partial charge in [0.1, 0.15) is 0 Å². The minimum absolute atomic E-state index is 0.0174. The Hall–Kier alpha value is -2.70. The second kappa shape index (κ2) is 7.97. The predicted molar refractivity (Wildman–Crippen MR) is 114 cm³/mol. The van der Waals surface area contributed by atoms with Crippen LogP contribution in [0.4, 0.5) is 0 Å². The van der Waals surface area contributed by atoms with Gasteiger partial charge >= 0.3 is 0 Å². The molecule has 0 radical (unpaired) electrons. The summed E-state index contributed by atoms with van der Waals surface area (Å²) in [6, 6.07) is 9.69. The standard InChI is InChI=1S/C20H18BrN5O2S/c1-11(4-6-22)23-19(27)18-14-5-7-26(10-15(14)24-25-18)20(28)17-8-12-2-3-13(21)9-16(12)29-17/h2-3,8-9,11H,4-5,7,10H2,1H3,(H,23,27)(H,24,25). The summed E-state index contributed by atoms with van der Waals surface area (Å²) in [6.45, 7) is 2.70. The number of carbonyl (C=O) groups excluding carboxylic acids is 2. The monoisotopic (exact) mass is 471 g/mol. The first-order chi connectivity index (χ1) is 14.0. The fourth-order valence-corrected chi connectivity index (χ4v) is 5.01. The number of benzene rings is 1. The van der Waals surface area contributed by atoms with E-state index in [1.807, 2.05) is 30.3 Å². The Morgan fingerprint density at radius 1 is 1.45 bits per heavy atom. The van der Waals surface area contributed by atoms with Gasteiger partial charge in [-0.3, -0.25) is 14.7 Å². The van der Waals surface area contributed by atoms with E-state index in [4.69, 9.17) is 5.26 Å². The molecule has 0 saturated heterocycles. The first-order valence-electron chi connectivity index (χ1n) is 9.18. The molecule has 7 nitrogen and oxygen atoms in total. The molecular formula is C20H18BrN5O2S. The average Bonchev–Trinajstić information content (AvgIpc) is 3.30. The minimum atomic E-state index is -0.292. The van der Waals surface area contributed by atoms with Crippen molar-refractivity contribution in [3.8, 4) is 6.07 Å². The number of carbonyl (C=O) groups is 2. The van der Waals surface area contributed by atoms with Crippen molar-refractivity contribution in [2.75, 3.05) is 6.54 Å². The Kier molecular flexibility index (Phi) is 5.39. The highest BCUT2D eigenvalue weighted by Crippen LogP contribution is 2.30. The topological polar surface area (TPSA) is 102 Å². The number of thiophene rings is 1. The van der Waals surface area contributed by atoms with Gasteiger partial charge in [0.2, 0.25) is 0 Å². The Labute approximate surface area is 179 Å². The maximum atomic E-state index is 13.0. The third-order valence-corrected chi connectivity index (χ3v) is 6.48. The first kappa shape index (κ1) is 19.6. The van der Waals surface area contributed by atoms with E-state index >= 15 is 0 Å². The maximum Gasteiger partial charge on any atom is 0.272 e. The van der Waals surface area contributed by atoms with Gasteiger partial charge in [-0.05, 0) is 36.9 Å². The van der Waals surface area contributed by atoms with Crippen LogP contribution in [0.5, 0.6) is 0 Å². The lowest BCUT2D eigenvalue weighted by molar-refractivity contribution is 0.0737. The second-order valence-corrected chi connectivity index (χ2v) is 9.04. The molecule has 2 aromatic heterocycles. The largest absolute Gasteiger partial charge is 0.347 e. The van der Waals surface area contributed by atoms with Crippen LogP contribution >= 0.6 is 27.3 Å². The van der Waals surface area contributed by atoms with Crippen molar-refractivity contribution in [3.05, 3.63) is 50.6 Å². The summed E-state index contributed by atoms with van der Waals surface area (Å²) in [5, 5.41) is 19.7. The van der Waals surface area contributed by atoms with Crippen LogP contribution < -0.4 is 5.32 Å². The molecule has 0 bridgehead atoms. The normalized spacial score (nSPS) is 14.3. The molecule has 1 atom stereocenters. The molecule has 1 unspecified atom stereocenters. The molecule has 1 aliphatic rings. The predicted octanol–water partition coefficient (Wildman–Crippen LogP) is 3.62. The van der Waals surface area contributed by atoms with Crippen LogP contribution in [0.3, 0.4) is 0 Å². The van der Waals surface area contributed by atoms with Crippen LogP contribution in [0.2, 0.25) is 0 Å². The van der Waals surface area contributed by atoms with Crippen molar-refractivity contribution in [3.63, 3.8) is 0 Å². The molecule has 1 aromatic carbocycles. The molecule has 29 heavy (non-hydrogen) atoms. The SMILES string of the molecule is CC(CC#N)NC(=O)c1n[nH]c2c1CCN(C(=O)c1cc3ccc(Br)cc3s1)C2. The van der Waals surface area contributed by atoms with E-state index in [1.54, 1.807) is 11.8 Å². The summed E-state index contributed by atoms with van der Waals surface area (Å²) < 4.78 is 2.05. The molecule has 0 saturated carbocycles. The van der Waals surface area contributed by atoms with E-state index in [0.29, 0.717) is 30.1 Å². The third-order valence-electron chi connectivity index (χ3n) is 4.90. The van der Waals surface area contributed by atoms with Gasteiger partial charge in [-0.1, -0.05) is 22.0 Å². The maximum absolute atomic E-state index is 13.0. The van der Waals surface area contributed by atoms with Gasteiger partial charge in [0, 0.05) is 27.3 Å². The second-order valence-electron chi connectivity index (χ2n) is 7.04. The summed E-state index contributed by atoms with van der Waals surface area (Å²) in [4.78, 5) is 27.9. The van der Waals surface area contributed by atoms with E-state index in [0.717, 1.165) is 25.8 Å². The summed E-state index contributed by atoms with van der Waals surface area (Å²) in [5.41, 5.74) is 1.98. The lowest BCUT2D eigenvalue weighted by Gasteiger charge is -2.26. The van der Waals surface area contributed by atoms with Gasteiger partial charge in [-0.2, -0.15) is 10.4 Å². The molecule has 0 fully saturated rings. The molecule has 9 heteroatoms. The molecule has 3 heterocycles. The van der Waals surface area contributed by atoms with Crippen molar-refractivity contribution in [1.82, 2.24) is 20.4 Å². The quantitative estimate of drug-likeness (QED) is 0.606. The molecule has 4 rings (SSSR count). The van der Waals surface area contributed by atoms with Gasteiger partial charge < -0.3 is 10.2 Å². The number of nitrogens with zero attached hydrogens (tertiary/aromatic N) is 3. The highest BCUT2D eigenvalue weighted by atomic mass is 79.9. The van der Waals surface area contributed by atoms with Gasteiger partial charge in [-0.15, -0.1) is 11.3 Å². The van der Waals surface area contributed by atoms with E-state index < -0.39 is 0 Å². The molecule has 3 aromatic rings. The van der Waals surface area contributed by atoms with Gasteiger partial charge in [0.25, 0.3) is 11.8 Å². The number of aromatic nitrogens is 2. The highest BCUT2D eigenvalue weighted by Gasteiger charge is 2.29. The minimum Gasteiger partial charge on any atom is -0.347 e. The lowest BCUT2D eigenvalue weighted by atomic mass is 10.0. The molecule has 2 amide bonds. The molecule has 2 N–H and O–H groups in total. The number of halogens is 1. The Bertz CT molecular complexity index is 1150. The van der Waals surface area contributed by atoms with Crippen LogP contribution in [0, 0.1) is 11.3 Å². The number of nitrogens with one attached hydrogen (secondary N) is 2. The zero-order valence-corrected chi connectivity index (χ0v) is 18.1. The van der Waals surface area contributed by atoms with E-state index in [9.17, 15) is 9.59 Å². The number of aromatic amines is 1. The van der Waals surface area contributed by atoms with E-state index in [1.165, 1.54) is 11.3 Å². The Morgan fingerprint density at radius 3 is 3.07 bits per heavy atom. The molecule has 0 aliphatic carbocycles. The zero-order valence-electron chi connectivity index (χ0n) is 15.7. The van der Waals surface area contributed by atoms with E-state index in [-0.39, 0.29) is 24.3 Å². The average molecular weight is 472 g/mol. The number of nitriles is 1. The molecular weight excluding hydrogens is 454 g/mol. The molecule has 1 aliphatic heterocycles. The number of hydrogen-bond donors (Lipinski definition) is 2. The molecule has 0 spiro atoms. The van der Waals surface area contributed by atoms with Crippen LogP contribution in [0.1, 0.15) is 44.8 Å². The van der Waals surface area contributed by atoms with Crippen molar-refractivity contribution >= 4 is 49.2 Å². The Balaban J connectivity index is 1.50. The summed E-state index contributed by atoms with van der Waals surface area (Å²) in [7, 11) is 0. The smallest absolute Gasteiger partial charge is 0.272 e. The number of amides is 2. The van der Waals surface area contributed by atoms with Crippen LogP contribution in [0.25, 0.3) is 10.1 Å². The third kappa shape index (κ3) is 3.91. The number of hydrogen-bond acceptors (Lipinski definition) is 5. The van der Waals surface area contributed by atoms with Gasteiger partial charge in [-0.25, -0.2) is 0 Å². The lowest BCUT2D eigenvalue weighted by Crippen LogP contribution is -2.37. The molecule has 148 valence electrons. The summed E-state index contributed by atoms with van der Waals surface area (Å²) >= 11 is 4.94. The first-order valence-corrected chi connectivity index (χ1v) is 10.8. The zero-order chi connectivity index (χ0) is 20.5. The number of rotatable bonds is 4. The van der Waals surface area contributed by atoms with Crippen LogP contribution in [-0.2, 0) is 13.0 Å². The fraction of sp³-hybridized carbons (Fsp3) is 0.300. The van der Waals surface area contributed by atoms with Crippen molar-refractivity contribution in [2.45, 2.75) is 32.4 Å². The van der Waals surface area contributed by atoms with Crippen molar-refractivity contribution in [2.24, 2.45) is 0 Å². The fourth-order valence-electron chi connectivity index (χ4n) is 3.43. The van der Waals surface area contributed by atoms with Crippen LogP contribution in [0.15, 0.2) is 28.7 Å². The highest BCUT2D eigenvalue weighted by molar-refractivity contribution is 9.10. The summed E-state index contributed by atoms with van der Waals surface area (Å²) in [5.74, 6) is -0.309. The van der Waals surface area contributed by atoms with Crippen molar-refractivity contribution < 1.29 is 9.59 Å². The van der Waals surface area contributed by atoms with Gasteiger partial charge in [0.05, 0.1) is 29.6 Å². The van der Waals surface area contributed by atoms with Crippen LogP contribution in [-0.4, -0.2) is 39.5 Å². The Morgan fingerprint density at radius 2 is 2.28 bits per heavy atom. The van der Waals surface area contributed by atoms with E-state index in [2.05, 4.69) is 31.4 Å². The number of fused-ring (bicyclic) bond motifs is 2. The van der Waals surface area contributed by atoms with Crippen molar-refractivity contribution in [1.29, 1.82) is 5.26 Å². The van der Waals surface area contributed by atoms with Gasteiger partial charge in [0.15, 0.2) is 5.69 Å². The summed E-state index contributed by atoms with van der Waals surface area (Å²) in [6.07, 6.45) is 0.801.